The smallest absolute Gasteiger partial charge is 0.349 e. The van der Waals surface area contributed by atoms with Gasteiger partial charge in [-0.05, 0) is 12.1 Å². The van der Waals surface area contributed by atoms with Crippen LogP contribution in [0.5, 0.6) is 5.75 Å². The fraction of sp³-hybridized carbons (Fsp3) is 0.333. The Labute approximate surface area is 147 Å². The highest BCUT2D eigenvalue weighted by Crippen LogP contribution is 2.26. The van der Waals surface area contributed by atoms with Gasteiger partial charge in [0.1, 0.15) is 5.56 Å². The van der Waals surface area contributed by atoms with Crippen LogP contribution in [-0.4, -0.2) is 53.8 Å². The quantitative estimate of drug-likeness (QED) is 0.595. The molecule has 0 unspecified atom stereocenters. The lowest BCUT2D eigenvalue weighted by Gasteiger charge is -2.42. The minimum Gasteiger partial charge on any atom is -0.493 e. The van der Waals surface area contributed by atoms with Gasteiger partial charge in [-0.1, -0.05) is 12.1 Å². The van der Waals surface area contributed by atoms with Crippen molar-refractivity contribution in [1.82, 2.24) is 9.80 Å². The Hall–Kier alpha value is -3.16. The van der Waals surface area contributed by atoms with Crippen LogP contribution in [0.4, 0.5) is 0 Å². The lowest BCUT2D eigenvalue weighted by atomic mass is 10.0. The molecule has 3 amide bonds. The molecule has 0 saturated carbocycles. The van der Waals surface area contributed by atoms with E-state index in [2.05, 4.69) is 0 Å². The Balaban J connectivity index is 1.56. The minimum atomic E-state index is -0.747. The summed E-state index contributed by atoms with van der Waals surface area (Å²) in [7, 11) is 1.47. The van der Waals surface area contributed by atoms with E-state index < -0.39 is 11.5 Å². The molecule has 0 bridgehead atoms. The number of carbonyl (C=O) groups excluding carboxylic acids is 3. The highest BCUT2D eigenvalue weighted by atomic mass is 16.5. The maximum absolute atomic E-state index is 12.6. The average Bonchev–Trinajstić information content (AvgIpc) is 2.91. The second-order valence-corrected chi connectivity index (χ2v) is 6.35. The number of methoxy groups -OCH3 is 1. The number of hydrogen-bond acceptors (Lipinski definition) is 6. The molecule has 4 rings (SSSR count). The molecule has 8 heteroatoms. The fourth-order valence-corrected chi connectivity index (χ4v) is 3.38. The summed E-state index contributed by atoms with van der Waals surface area (Å²) in [6.45, 7) is 0.456. The van der Waals surface area contributed by atoms with Crippen molar-refractivity contribution >= 4 is 28.7 Å². The first kappa shape index (κ1) is 16.3. The summed E-state index contributed by atoms with van der Waals surface area (Å²) in [5.74, 6) is -0.471. The molecule has 2 aromatic rings. The fourth-order valence-electron chi connectivity index (χ4n) is 3.38. The molecule has 0 aliphatic carbocycles. The number of hydrogen-bond donors (Lipinski definition) is 0. The van der Waals surface area contributed by atoms with Gasteiger partial charge in [0.05, 0.1) is 13.2 Å². The second-order valence-electron chi connectivity index (χ2n) is 6.35. The second kappa shape index (κ2) is 5.98. The molecule has 2 aliphatic rings. The number of fused-ring (bicyclic) bond motifs is 1. The summed E-state index contributed by atoms with van der Waals surface area (Å²) in [5.41, 5.74) is -0.543. The minimum absolute atomic E-state index is 0.0803. The van der Waals surface area contributed by atoms with Crippen molar-refractivity contribution < 1.29 is 23.5 Å². The summed E-state index contributed by atoms with van der Waals surface area (Å²) in [5, 5.41) is 0.578. The number of benzene rings is 1. The van der Waals surface area contributed by atoms with E-state index in [1.807, 2.05) is 0 Å². The van der Waals surface area contributed by atoms with Gasteiger partial charge in [0.2, 0.25) is 11.8 Å². The van der Waals surface area contributed by atoms with Crippen molar-refractivity contribution in [1.29, 1.82) is 0 Å². The van der Waals surface area contributed by atoms with Crippen LogP contribution in [0.25, 0.3) is 11.0 Å². The van der Waals surface area contributed by atoms with Gasteiger partial charge in [0.15, 0.2) is 11.3 Å². The molecule has 3 heterocycles. The zero-order chi connectivity index (χ0) is 18.4. The SMILES string of the molecule is COc1cccc2cc(C(=O)N3CC(N4C(=O)CCC4=O)C3)c(=O)oc12. The van der Waals surface area contributed by atoms with E-state index in [0.29, 0.717) is 11.1 Å². The van der Waals surface area contributed by atoms with Gasteiger partial charge in [0.25, 0.3) is 5.91 Å². The lowest BCUT2D eigenvalue weighted by molar-refractivity contribution is -0.144. The first-order valence-corrected chi connectivity index (χ1v) is 8.24. The van der Waals surface area contributed by atoms with Gasteiger partial charge in [-0.2, -0.15) is 0 Å². The predicted molar refractivity (Wildman–Crippen MR) is 89.8 cm³/mol. The van der Waals surface area contributed by atoms with Gasteiger partial charge >= 0.3 is 5.63 Å². The molecule has 0 N–H and O–H groups in total. The Morgan fingerprint density at radius 2 is 1.85 bits per heavy atom. The third-order valence-electron chi connectivity index (χ3n) is 4.78. The number of ether oxygens (including phenoxy) is 1. The van der Waals surface area contributed by atoms with Gasteiger partial charge < -0.3 is 14.1 Å². The molecule has 134 valence electrons. The van der Waals surface area contributed by atoms with Gasteiger partial charge in [-0.25, -0.2) is 4.79 Å². The van der Waals surface area contributed by atoms with E-state index >= 15 is 0 Å². The van der Waals surface area contributed by atoms with E-state index in [4.69, 9.17) is 9.15 Å². The standard InChI is InChI=1S/C18H16N2O6/c1-25-13-4-2-3-10-7-12(18(24)26-16(10)13)17(23)19-8-11(9-19)20-14(21)5-6-15(20)22/h2-4,7,11H,5-6,8-9H2,1H3. The van der Waals surface area contributed by atoms with Crippen molar-refractivity contribution in [2.75, 3.05) is 20.2 Å². The van der Waals surface area contributed by atoms with Crippen molar-refractivity contribution in [3.63, 3.8) is 0 Å². The zero-order valence-electron chi connectivity index (χ0n) is 14.1. The summed E-state index contributed by atoms with van der Waals surface area (Å²) in [6.07, 6.45) is 0.443. The van der Waals surface area contributed by atoms with Crippen LogP contribution in [0.1, 0.15) is 23.2 Å². The Bertz CT molecular complexity index is 973. The molecule has 2 aliphatic heterocycles. The van der Waals surface area contributed by atoms with Gasteiger partial charge in [-0.15, -0.1) is 0 Å². The molecule has 1 aromatic carbocycles. The van der Waals surface area contributed by atoms with E-state index in [1.54, 1.807) is 18.2 Å². The molecule has 2 saturated heterocycles. The molecule has 26 heavy (non-hydrogen) atoms. The van der Waals surface area contributed by atoms with E-state index in [0.717, 1.165) is 0 Å². The van der Waals surface area contributed by atoms with E-state index in [-0.39, 0.29) is 54.9 Å². The van der Waals surface area contributed by atoms with Crippen LogP contribution in [0, 0.1) is 0 Å². The highest BCUT2D eigenvalue weighted by Gasteiger charge is 2.43. The Morgan fingerprint density at radius 1 is 1.15 bits per heavy atom. The average molecular weight is 356 g/mol. The van der Waals surface area contributed by atoms with Crippen LogP contribution in [0.2, 0.25) is 0 Å². The summed E-state index contributed by atoms with van der Waals surface area (Å²) in [6, 6.07) is 6.29. The zero-order valence-corrected chi connectivity index (χ0v) is 14.1. The van der Waals surface area contributed by atoms with Gasteiger partial charge in [0, 0.05) is 31.3 Å². The number of amides is 3. The number of nitrogens with zero attached hydrogens (tertiary/aromatic N) is 2. The number of rotatable bonds is 3. The van der Waals surface area contributed by atoms with Crippen LogP contribution < -0.4 is 10.4 Å². The number of carbonyl (C=O) groups is 3. The van der Waals surface area contributed by atoms with Crippen molar-refractivity contribution in [2.24, 2.45) is 0 Å². The normalized spacial score (nSPS) is 17.7. The predicted octanol–water partition coefficient (Wildman–Crippen LogP) is 0.775. The van der Waals surface area contributed by atoms with Crippen molar-refractivity contribution in [3.8, 4) is 5.75 Å². The topological polar surface area (TPSA) is 97.1 Å². The van der Waals surface area contributed by atoms with E-state index in [1.165, 1.54) is 23.0 Å². The molecule has 0 atom stereocenters. The molecule has 8 nitrogen and oxygen atoms in total. The highest BCUT2D eigenvalue weighted by molar-refractivity contribution is 6.03. The third kappa shape index (κ3) is 2.45. The number of likely N-dealkylation sites (tertiary alicyclic amines) is 2. The first-order chi connectivity index (χ1) is 12.5. The van der Waals surface area contributed by atoms with Gasteiger partial charge in [-0.3, -0.25) is 19.3 Å². The third-order valence-corrected chi connectivity index (χ3v) is 4.78. The molecular weight excluding hydrogens is 340 g/mol. The Kier molecular flexibility index (Phi) is 3.75. The van der Waals surface area contributed by atoms with Crippen molar-refractivity contribution in [3.05, 3.63) is 40.2 Å². The first-order valence-electron chi connectivity index (χ1n) is 8.24. The van der Waals surface area contributed by atoms with Crippen LogP contribution in [0.3, 0.4) is 0 Å². The van der Waals surface area contributed by atoms with Crippen LogP contribution >= 0.6 is 0 Å². The molecule has 0 spiro atoms. The van der Waals surface area contributed by atoms with Crippen LogP contribution in [-0.2, 0) is 9.59 Å². The lowest BCUT2D eigenvalue weighted by Crippen LogP contribution is -2.62. The van der Waals surface area contributed by atoms with Crippen molar-refractivity contribution in [2.45, 2.75) is 18.9 Å². The number of imide groups is 1. The molecule has 2 fully saturated rings. The van der Waals surface area contributed by atoms with Crippen LogP contribution in [0.15, 0.2) is 33.5 Å². The summed E-state index contributed by atoms with van der Waals surface area (Å²) >= 11 is 0. The molecule has 0 radical (unpaired) electrons. The maximum atomic E-state index is 12.6. The summed E-state index contributed by atoms with van der Waals surface area (Å²) < 4.78 is 10.4. The molecular formula is C18H16N2O6. The largest absolute Gasteiger partial charge is 0.493 e. The maximum Gasteiger partial charge on any atom is 0.349 e. The molecule has 1 aromatic heterocycles. The van der Waals surface area contributed by atoms with E-state index in [9.17, 15) is 19.2 Å². The number of para-hydroxylation sites is 1. The monoisotopic (exact) mass is 356 g/mol. The summed E-state index contributed by atoms with van der Waals surface area (Å²) in [4.78, 5) is 51.0. The Morgan fingerprint density at radius 3 is 2.50 bits per heavy atom.